The predicted molar refractivity (Wildman–Crippen MR) is 108 cm³/mol. The van der Waals surface area contributed by atoms with Crippen LogP contribution in [0.4, 0.5) is 11.4 Å². The van der Waals surface area contributed by atoms with E-state index in [0.717, 1.165) is 0 Å². The molecule has 1 heterocycles. The largest absolute Gasteiger partial charge is 0.276 e. The lowest BCUT2D eigenvalue weighted by Gasteiger charge is -2.54. The minimum absolute atomic E-state index is 0.540. The van der Waals surface area contributed by atoms with Crippen molar-refractivity contribution in [3.8, 4) is 0 Å². The smallest absolute Gasteiger partial charge is 0.180 e. The van der Waals surface area contributed by atoms with Gasteiger partial charge in [0, 0.05) is 0 Å². The number of benzene rings is 2. The third-order valence-corrected chi connectivity index (χ3v) is 14.7. The Morgan fingerprint density at radius 1 is 0.636 bits per heavy atom. The Bertz CT molecular complexity index is 613. The summed E-state index contributed by atoms with van der Waals surface area (Å²) < 4.78 is 5.00. The molecule has 3 rings (SSSR count). The first-order valence-electron chi connectivity index (χ1n) is 7.07. The normalized spacial score (nSPS) is 21.0. The molecule has 1 aliphatic heterocycles. The molecule has 2 aromatic carbocycles. The summed E-state index contributed by atoms with van der Waals surface area (Å²) in [5, 5.41) is 0. The van der Waals surface area contributed by atoms with Crippen LogP contribution in [0.2, 0.25) is 0 Å². The Morgan fingerprint density at radius 2 is 0.909 bits per heavy atom. The fourth-order valence-electron chi connectivity index (χ4n) is 2.82. The van der Waals surface area contributed by atoms with E-state index in [2.05, 4.69) is 104 Å². The van der Waals surface area contributed by atoms with Crippen LogP contribution in [0.5, 0.6) is 0 Å². The second-order valence-electron chi connectivity index (χ2n) is 5.54. The first kappa shape index (κ1) is 16.7. The molecular weight excluding hydrogens is 442 g/mol. The Labute approximate surface area is 151 Å². The maximum absolute atomic E-state index is 3.95. The summed E-state index contributed by atoms with van der Waals surface area (Å²) in [6.45, 7) is 7.68. The van der Waals surface area contributed by atoms with E-state index in [1.807, 2.05) is 0 Å². The molecule has 0 radical (unpaired) electrons. The van der Waals surface area contributed by atoms with Crippen LogP contribution in [-0.4, -0.2) is 0 Å². The van der Waals surface area contributed by atoms with E-state index in [-0.39, 0.29) is 0 Å². The third-order valence-electron chi connectivity index (χ3n) is 3.90. The number of nitrogens with zero attached hydrogens (tertiary/aromatic N) is 2. The molecule has 0 atom stereocenters. The van der Waals surface area contributed by atoms with Gasteiger partial charge in [-0.1, -0.05) is 36.4 Å². The monoisotopic (exact) mass is 458 g/mol. The Hall–Kier alpha value is -0.140. The molecule has 6 heteroatoms. The van der Waals surface area contributed by atoms with Gasteiger partial charge in [-0.25, -0.2) is 0 Å². The molecule has 1 aliphatic rings. The van der Waals surface area contributed by atoms with E-state index in [0.29, 0.717) is 0 Å². The van der Waals surface area contributed by atoms with E-state index in [9.17, 15) is 0 Å². The summed E-state index contributed by atoms with van der Waals surface area (Å²) >= 11 is 7.89. The highest BCUT2D eigenvalue weighted by Gasteiger charge is 2.47. The standard InChI is InChI=1S/C16H18Br2N2P2/c1-11-7-5-8-12(2)15(11)19-21(17)20(22(19)18)16-13(3)9-6-10-14(16)4/h5-10H,1-4H3. The predicted octanol–water partition coefficient (Wildman–Crippen LogP) is 7.49. The number of hydrogen-bond donors (Lipinski definition) is 0. The van der Waals surface area contributed by atoms with Crippen LogP contribution in [0, 0.1) is 27.7 Å². The third kappa shape index (κ3) is 2.63. The Kier molecular flexibility index (Phi) is 4.86. The zero-order valence-corrected chi connectivity index (χ0v) is 18.0. The maximum atomic E-state index is 3.95. The highest BCUT2D eigenvalue weighted by atomic mass is 79.9. The van der Waals surface area contributed by atoms with Gasteiger partial charge in [-0.2, -0.15) is 0 Å². The van der Waals surface area contributed by atoms with E-state index in [1.165, 1.54) is 33.6 Å². The molecule has 1 saturated heterocycles. The molecule has 0 aliphatic carbocycles. The van der Waals surface area contributed by atoms with Crippen molar-refractivity contribution in [3.05, 3.63) is 58.7 Å². The lowest BCUT2D eigenvalue weighted by Crippen LogP contribution is -2.33. The molecule has 0 aromatic heterocycles. The lowest BCUT2D eigenvalue weighted by atomic mass is 10.1. The van der Waals surface area contributed by atoms with Gasteiger partial charge in [0.25, 0.3) is 0 Å². The summed E-state index contributed by atoms with van der Waals surface area (Å²) in [5.41, 5.74) is 8.05. The summed E-state index contributed by atoms with van der Waals surface area (Å²) in [7, 11) is 0. The van der Waals surface area contributed by atoms with Crippen LogP contribution in [0.15, 0.2) is 36.4 Å². The molecule has 116 valence electrons. The van der Waals surface area contributed by atoms with Gasteiger partial charge in [-0.15, -0.1) is 0 Å². The maximum Gasteiger partial charge on any atom is 0.180 e. The molecule has 0 unspecified atom stereocenters. The van der Waals surface area contributed by atoms with Crippen LogP contribution in [0.3, 0.4) is 0 Å². The molecule has 2 aromatic rings. The van der Waals surface area contributed by atoms with Crippen molar-refractivity contribution in [3.63, 3.8) is 0 Å². The van der Waals surface area contributed by atoms with E-state index in [4.69, 9.17) is 0 Å². The van der Waals surface area contributed by atoms with Gasteiger partial charge in [0.2, 0.25) is 0 Å². The molecule has 1 fully saturated rings. The van der Waals surface area contributed by atoms with Crippen molar-refractivity contribution in [1.29, 1.82) is 0 Å². The lowest BCUT2D eigenvalue weighted by molar-refractivity contribution is 1.30. The fraction of sp³-hybridized carbons (Fsp3) is 0.250. The molecule has 0 amide bonds. The van der Waals surface area contributed by atoms with Gasteiger partial charge in [0.1, 0.15) is 0 Å². The highest BCUT2D eigenvalue weighted by molar-refractivity contribution is 9.45. The van der Waals surface area contributed by atoms with Crippen LogP contribution >= 0.6 is 44.8 Å². The van der Waals surface area contributed by atoms with Crippen molar-refractivity contribution in [2.45, 2.75) is 27.7 Å². The van der Waals surface area contributed by atoms with E-state index < -0.39 is 13.9 Å². The summed E-state index contributed by atoms with van der Waals surface area (Å²) in [5.74, 6) is 0. The minimum atomic E-state index is -0.540. The SMILES string of the molecule is Cc1cccc(C)c1N1P(Br)N(c2c(C)cccc2C)P1Br. The second-order valence-corrected chi connectivity index (χ2v) is 12.5. The van der Waals surface area contributed by atoms with Crippen molar-refractivity contribution in [2.75, 3.05) is 8.88 Å². The number of para-hydroxylation sites is 2. The zero-order valence-electron chi connectivity index (χ0n) is 13.0. The molecule has 2 nitrogen and oxygen atoms in total. The van der Waals surface area contributed by atoms with Crippen molar-refractivity contribution in [2.24, 2.45) is 0 Å². The molecular formula is C16H18Br2N2P2. The quantitative estimate of drug-likeness (QED) is 0.429. The zero-order chi connectivity index (χ0) is 16.0. The fourth-order valence-corrected chi connectivity index (χ4v) is 16.6. The van der Waals surface area contributed by atoms with Gasteiger partial charge < -0.3 is 0 Å². The minimum Gasteiger partial charge on any atom is -0.276 e. The van der Waals surface area contributed by atoms with Gasteiger partial charge in [0.05, 0.1) is 11.4 Å². The van der Waals surface area contributed by atoms with Crippen molar-refractivity contribution in [1.82, 2.24) is 0 Å². The Morgan fingerprint density at radius 3 is 1.18 bits per heavy atom. The number of rotatable bonds is 2. The van der Waals surface area contributed by atoms with Gasteiger partial charge >= 0.3 is 0 Å². The van der Waals surface area contributed by atoms with Crippen molar-refractivity contribution < 1.29 is 0 Å². The van der Waals surface area contributed by atoms with Gasteiger partial charge in [0.15, 0.2) is 13.9 Å². The molecule has 0 spiro atoms. The summed E-state index contributed by atoms with van der Waals surface area (Å²) in [6, 6.07) is 13.0. The summed E-state index contributed by atoms with van der Waals surface area (Å²) in [4.78, 5) is 0. The first-order chi connectivity index (χ1) is 10.4. The van der Waals surface area contributed by atoms with E-state index in [1.54, 1.807) is 0 Å². The van der Waals surface area contributed by atoms with Gasteiger partial charge in [-0.3, -0.25) is 8.88 Å². The van der Waals surface area contributed by atoms with Crippen LogP contribution in [0.1, 0.15) is 22.3 Å². The number of aryl methyl sites for hydroxylation is 4. The van der Waals surface area contributed by atoms with Crippen molar-refractivity contribution >= 4 is 56.2 Å². The number of anilines is 2. The highest BCUT2D eigenvalue weighted by Crippen LogP contribution is 2.85. The van der Waals surface area contributed by atoms with Gasteiger partial charge in [-0.05, 0) is 80.9 Å². The van der Waals surface area contributed by atoms with Crippen LogP contribution < -0.4 is 8.88 Å². The molecule has 0 saturated carbocycles. The molecule has 0 bridgehead atoms. The molecule has 0 N–H and O–H groups in total. The number of halogens is 2. The topological polar surface area (TPSA) is 6.48 Å². The van der Waals surface area contributed by atoms with E-state index >= 15 is 0 Å². The number of hydrogen-bond acceptors (Lipinski definition) is 2. The van der Waals surface area contributed by atoms with Crippen LogP contribution in [-0.2, 0) is 0 Å². The molecule has 22 heavy (non-hydrogen) atoms. The average Bonchev–Trinajstić information content (AvgIpc) is 2.46. The average molecular weight is 460 g/mol. The summed E-state index contributed by atoms with van der Waals surface area (Å²) in [6.07, 6.45) is 0. The van der Waals surface area contributed by atoms with Crippen LogP contribution in [0.25, 0.3) is 0 Å². The Balaban J connectivity index is 1.99. The first-order valence-corrected chi connectivity index (χ1v) is 13.6. The second kappa shape index (κ2) is 6.40.